The number of pyridine rings is 1. The van der Waals surface area contributed by atoms with Gasteiger partial charge in [0.25, 0.3) is 0 Å². The number of rotatable bonds is 1. The quantitative estimate of drug-likeness (QED) is 0.802. The first-order valence-corrected chi connectivity index (χ1v) is 4.75. The normalized spacial score (nSPS) is 10.2. The zero-order valence-electron chi connectivity index (χ0n) is 6.06. The number of halogens is 2. The lowest BCUT2D eigenvalue weighted by molar-refractivity contribution is 0.961. The average Bonchev–Trinajstić information content (AvgIpc) is 1.97. The van der Waals surface area contributed by atoms with Gasteiger partial charge in [0.2, 0.25) is 0 Å². The van der Waals surface area contributed by atoms with Crippen LogP contribution in [0.15, 0.2) is 15.1 Å². The first-order chi connectivity index (χ1) is 5.15. The highest BCUT2D eigenvalue weighted by Gasteiger charge is 2.02. The lowest BCUT2D eigenvalue weighted by Crippen LogP contribution is -2.01. The maximum absolute atomic E-state index is 5.46. The van der Waals surface area contributed by atoms with E-state index in [1.165, 1.54) is 0 Å². The summed E-state index contributed by atoms with van der Waals surface area (Å²) in [5.74, 6) is 0. The monoisotopic (exact) mass is 278 g/mol. The summed E-state index contributed by atoms with van der Waals surface area (Å²) in [4.78, 5) is 4.24. The van der Waals surface area contributed by atoms with E-state index in [0.29, 0.717) is 6.54 Å². The Hall–Kier alpha value is 0.0700. The minimum atomic E-state index is 0.458. The SMILES string of the molecule is Cc1cc(Br)c(CN)nc1Br. The summed E-state index contributed by atoms with van der Waals surface area (Å²) in [6.45, 7) is 2.45. The second kappa shape index (κ2) is 3.65. The number of nitrogens with zero attached hydrogens (tertiary/aromatic N) is 1. The molecule has 0 fully saturated rings. The van der Waals surface area contributed by atoms with Gasteiger partial charge in [-0.05, 0) is 50.4 Å². The molecule has 11 heavy (non-hydrogen) atoms. The first kappa shape index (κ1) is 9.16. The van der Waals surface area contributed by atoms with E-state index in [0.717, 1.165) is 20.3 Å². The zero-order valence-corrected chi connectivity index (χ0v) is 9.24. The fourth-order valence-electron chi connectivity index (χ4n) is 0.736. The van der Waals surface area contributed by atoms with Gasteiger partial charge in [0, 0.05) is 11.0 Å². The summed E-state index contributed by atoms with van der Waals surface area (Å²) in [5, 5.41) is 0. The maximum atomic E-state index is 5.46. The number of hydrogen-bond acceptors (Lipinski definition) is 2. The van der Waals surface area contributed by atoms with Crippen LogP contribution in [-0.2, 0) is 6.54 Å². The largest absolute Gasteiger partial charge is 0.325 e. The molecule has 0 aliphatic heterocycles. The Kier molecular flexibility index (Phi) is 3.04. The highest BCUT2D eigenvalue weighted by Crippen LogP contribution is 2.21. The van der Waals surface area contributed by atoms with Crippen molar-refractivity contribution < 1.29 is 0 Å². The van der Waals surface area contributed by atoms with Gasteiger partial charge in [-0.1, -0.05) is 0 Å². The fourth-order valence-corrected chi connectivity index (χ4v) is 1.66. The third-order valence-electron chi connectivity index (χ3n) is 1.37. The smallest absolute Gasteiger partial charge is 0.109 e. The van der Waals surface area contributed by atoms with Gasteiger partial charge in [-0.25, -0.2) is 4.98 Å². The molecule has 4 heteroatoms. The highest BCUT2D eigenvalue weighted by molar-refractivity contribution is 9.11. The Bertz CT molecular complexity index is 273. The molecular weight excluding hydrogens is 272 g/mol. The van der Waals surface area contributed by atoms with Crippen molar-refractivity contribution in [1.29, 1.82) is 0 Å². The van der Waals surface area contributed by atoms with Crippen LogP contribution in [0.5, 0.6) is 0 Å². The summed E-state index contributed by atoms with van der Waals surface area (Å²) in [7, 11) is 0. The topological polar surface area (TPSA) is 38.9 Å². The summed E-state index contributed by atoms with van der Waals surface area (Å²) in [5.41, 5.74) is 7.44. The Balaban J connectivity index is 3.21. The minimum Gasteiger partial charge on any atom is -0.325 e. The predicted octanol–water partition coefficient (Wildman–Crippen LogP) is 2.37. The zero-order chi connectivity index (χ0) is 8.43. The van der Waals surface area contributed by atoms with Gasteiger partial charge < -0.3 is 5.73 Å². The third kappa shape index (κ3) is 2.01. The van der Waals surface area contributed by atoms with Crippen molar-refractivity contribution in [2.24, 2.45) is 5.73 Å². The highest BCUT2D eigenvalue weighted by atomic mass is 79.9. The molecule has 0 radical (unpaired) electrons. The lowest BCUT2D eigenvalue weighted by atomic mass is 10.3. The number of aryl methyl sites for hydroxylation is 1. The molecule has 0 amide bonds. The van der Waals surface area contributed by atoms with E-state index >= 15 is 0 Å². The summed E-state index contributed by atoms with van der Waals surface area (Å²) in [6.07, 6.45) is 0. The van der Waals surface area contributed by atoms with Crippen LogP contribution < -0.4 is 5.73 Å². The van der Waals surface area contributed by atoms with Crippen molar-refractivity contribution in [3.8, 4) is 0 Å². The summed E-state index contributed by atoms with van der Waals surface area (Å²) in [6, 6.07) is 2.00. The van der Waals surface area contributed by atoms with Crippen LogP contribution in [-0.4, -0.2) is 4.98 Å². The number of hydrogen-bond donors (Lipinski definition) is 1. The van der Waals surface area contributed by atoms with Gasteiger partial charge >= 0.3 is 0 Å². The Morgan fingerprint density at radius 3 is 2.73 bits per heavy atom. The van der Waals surface area contributed by atoms with Crippen molar-refractivity contribution in [2.45, 2.75) is 13.5 Å². The lowest BCUT2D eigenvalue weighted by Gasteiger charge is -2.03. The fraction of sp³-hybridized carbons (Fsp3) is 0.286. The van der Waals surface area contributed by atoms with Crippen molar-refractivity contribution in [3.05, 3.63) is 26.4 Å². The Morgan fingerprint density at radius 2 is 2.18 bits per heavy atom. The Labute approximate surface area is 82.5 Å². The average molecular weight is 280 g/mol. The molecule has 0 aromatic carbocycles. The van der Waals surface area contributed by atoms with Crippen LogP contribution in [0.1, 0.15) is 11.3 Å². The first-order valence-electron chi connectivity index (χ1n) is 3.16. The van der Waals surface area contributed by atoms with Crippen molar-refractivity contribution >= 4 is 31.9 Å². The van der Waals surface area contributed by atoms with E-state index in [9.17, 15) is 0 Å². The van der Waals surface area contributed by atoms with Gasteiger partial charge in [-0.2, -0.15) is 0 Å². The molecule has 0 saturated heterocycles. The molecule has 0 atom stereocenters. The van der Waals surface area contributed by atoms with Crippen molar-refractivity contribution in [2.75, 3.05) is 0 Å². The molecule has 0 unspecified atom stereocenters. The molecule has 0 bridgehead atoms. The predicted molar refractivity (Wildman–Crippen MR) is 52.3 cm³/mol. The van der Waals surface area contributed by atoms with Gasteiger partial charge in [0.15, 0.2) is 0 Å². The Morgan fingerprint density at radius 1 is 1.55 bits per heavy atom. The summed E-state index contributed by atoms with van der Waals surface area (Å²) >= 11 is 6.71. The molecule has 2 nitrogen and oxygen atoms in total. The van der Waals surface area contributed by atoms with Crippen LogP contribution in [0.3, 0.4) is 0 Å². The van der Waals surface area contributed by atoms with Gasteiger partial charge in [0.05, 0.1) is 5.69 Å². The molecule has 0 aliphatic rings. The standard InChI is InChI=1S/C7H8Br2N2/c1-4-2-5(8)6(3-10)11-7(4)9/h2H,3,10H2,1H3. The number of nitrogens with two attached hydrogens (primary N) is 1. The molecule has 1 aromatic rings. The van der Waals surface area contributed by atoms with Crippen LogP contribution >= 0.6 is 31.9 Å². The van der Waals surface area contributed by atoms with Crippen LogP contribution in [0.25, 0.3) is 0 Å². The maximum Gasteiger partial charge on any atom is 0.109 e. The van der Waals surface area contributed by atoms with Gasteiger partial charge in [-0.3, -0.25) is 0 Å². The molecule has 1 aromatic heterocycles. The molecular formula is C7H8Br2N2. The molecule has 2 N–H and O–H groups in total. The van der Waals surface area contributed by atoms with Crippen LogP contribution in [0, 0.1) is 6.92 Å². The minimum absolute atomic E-state index is 0.458. The molecule has 1 rings (SSSR count). The van der Waals surface area contributed by atoms with Crippen molar-refractivity contribution in [3.63, 3.8) is 0 Å². The van der Waals surface area contributed by atoms with Crippen molar-refractivity contribution in [1.82, 2.24) is 4.98 Å². The van der Waals surface area contributed by atoms with E-state index in [4.69, 9.17) is 5.73 Å². The second-order valence-corrected chi connectivity index (χ2v) is 3.83. The van der Waals surface area contributed by atoms with Crippen LogP contribution in [0.2, 0.25) is 0 Å². The molecule has 0 spiro atoms. The molecule has 60 valence electrons. The van der Waals surface area contributed by atoms with Gasteiger partial charge in [-0.15, -0.1) is 0 Å². The summed E-state index contributed by atoms with van der Waals surface area (Å²) < 4.78 is 1.84. The van der Waals surface area contributed by atoms with E-state index in [-0.39, 0.29) is 0 Å². The molecule has 1 heterocycles. The van der Waals surface area contributed by atoms with Gasteiger partial charge in [0.1, 0.15) is 4.60 Å². The van der Waals surface area contributed by atoms with E-state index in [1.54, 1.807) is 0 Å². The second-order valence-electron chi connectivity index (χ2n) is 2.23. The third-order valence-corrected chi connectivity index (χ3v) is 2.86. The van der Waals surface area contributed by atoms with Crippen LogP contribution in [0.4, 0.5) is 0 Å². The van der Waals surface area contributed by atoms with E-state index in [2.05, 4.69) is 36.8 Å². The number of aromatic nitrogens is 1. The molecule has 0 saturated carbocycles. The van der Waals surface area contributed by atoms with E-state index in [1.807, 2.05) is 13.0 Å². The van der Waals surface area contributed by atoms with E-state index < -0.39 is 0 Å². The molecule has 0 aliphatic carbocycles.